The molecule has 0 aromatic heterocycles. The lowest BCUT2D eigenvalue weighted by Gasteiger charge is -2.31. The van der Waals surface area contributed by atoms with Gasteiger partial charge in [0.05, 0.1) is 0 Å². The summed E-state index contributed by atoms with van der Waals surface area (Å²) in [4.78, 5) is 0. The summed E-state index contributed by atoms with van der Waals surface area (Å²) < 4.78 is 0. The first-order chi connectivity index (χ1) is 8.70. The maximum Gasteiger partial charge on any atom is 0.00728 e. The van der Waals surface area contributed by atoms with E-state index in [1.807, 2.05) is 0 Å². The molecule has 1 aromatic rings. The summed E-state index contributed by atoms with van der Waals surface area (Å²) >= 11 is 0. The number of rotatable bonds is 4. The lowest BCUT2D eigenvalue weighted by atomic mass is 9.79. The molecule has 1 fully saturated rings. The van der Waals surface area contributed by atoms with Crippen molar-refractivity contribution in [3.8, 4) is 0 Å². The number of aryl methyl sites for hydroxylation is 2. The van der Waals surface area contributed by atoms with Gasteiger partial charge in [0.15, 0.2) is 0 Å². The van der Waals surface area contributed by atoms with E-state index in [2.05, 4.69) is 44.3 Å². The van der Waals surface area contributed by atoms with Crippen LogP contribution < -0.4 is 5.32 Å². The topological polar surface area (TPSA) is 12.0 Å². The van der Waals surface area contributed by atoms with Crippen LogP contribution in [0.4, 0.5) is 0 Å². The molecular formula is C17H27N. The minimum Gasteiger partial charge on any atom is -0.314 e. The van der Waals surface area contributed by atoms with E-state index < -0.39 is 0 Å². The molecule has 2 unspecified atom stereocenters. The second-order valence-corrected chi connectivity index (χ2v) is 5.87. The minimum atomic E-state index is 0.740. The van der Waals surface area contributed by atoms with Gasteiger partial charge in [-0.25, -0.2) is 0 Å². The van der Waals surface area contributed by atoms with Gasteiger partial charge >= 0.3 is 0 Å². The average molecular weight is 245 g/mol. The van der Waals surface area contributed by atoms with Gasteiger partial charge < -0.3 is 5.32 Å². The minimum absolute atomic E-state index is 0.740. The van der Waals surface area contributed by atoms with Gasteiger partial charge in [0.25, 0.3) is 0 Å². The zero-order valence-corrected chi connectivity index (χ0v) is 12.1. The van der Waals surface area contributed by atoms with Gasteiger partial charge in [-0.3, -0.25) is 0 Å². The molecule has 1 aliphatic rings. The van der Waals surface area contributed by atoms with Crippen LogP contribution in [0.3, 0.4) is 0 Å². The van der Waals surface area contributed by atoms with Gasteiger partial charge in [-0.2, -0.15) is 0 Å². The molecule has 0 saturated heterocycles. The molecule has 1 nitrogen and oxygen atoms in total. The van der Waals surface area contributed by atoms with Crippen molar-refractivity contribution in [1.29, 1.82) is 0 Å². The Hall–Kier alpha value is -0.820. The summed E-state index contributed by atoms with van der Waals surface area (Å²) in [6, 6.07) is 7.70. The second kappa shape index (κ2) is 6.38. The van der Waals surface area contributed by atoms with Crippen molar-refractivity contribution >= 4 is 0 Å². The van der Waals surface area contributed by atoms with Crippen molar-refractivity contribution in [1.82, 2.24) is 5.32 Å². The summed E-state index contributed by atoms with van der Waals surface area (Å²) in [5, 5.41) is 3.70. The molecule has 0 amide bonds. The Labute approximate surface area is 112 Å². The van der Waals surface area contributed by atoms with Crippen molar-refractivity contribution in [3.63, 3.8) is 0 Å². The first-order valence-corrected chi connectivity index (χ1v) is 7.51. The fourth-order valence-electron chi connectivity index (χ4n) is 3.29. The van der Waals surface area contributed by atoms with Crippen molar-refractivity contribution < 1.29 is 0 Å². The van der Waals surface area contributed by atoms with Gasteiger partial charge in [0, 0.05) is 6.04 Å². The van der Waals surface area contributed by atoms with Crippen LogP contribution in [0.25, 0.3) is 0 Å². The molecule has 2 atom stereocenters. The molecule has 0 aliphatic heterocycles. The van der Waals surface area contributed by atoms with Crippen LogP contribution in [-0.2, 0) is 0 Å². The predicted octanol–water partition coefficient (Wildman–Crippen LogP) is 4.33. The summed E-state index contributed by atoms with van der Waals surface area (Å²) in [6.07, 6.45) is 6.67. The number of hydrogen-bond donors (Lipinski definition) is 1. The molecular weight excluding hydrogens is 218 g/mol. The van der Waals surface area contributed by atoms with E-state index in [-0.39, 0.29) is 0 Å². The molecule has 0 radical (unpaired) electrons. The molecule has 18 heavy (non-hydrogen) atoms. The highest BCUT2D eigenvalue weighted by Gasteiger charge is 2.23. The Balaban J connectivity index is 2.03. The molecule has 2 rings (SSSR count). The molecule has 1 aromatic carbocycles. The molecule has 0 heterocycles. The second-order valence-electron chi connectivity index (χ2n) is 5.87. The lowest BCUT2D eigenvalue weighted by Crippen LogP contribution is -2.34. The monoisotopic (exact) mass is 245 g/mol. The number of benzene rings is 1. The molecule has 100 valence electrons. The van der Waals surface area contributed by atoms with Gasteiger partial charge in [0.2, 0.25) is 0 Å². The van der Waals surface area contributed by atoms with E-state index in [4.69, 9.17) is 0 Å². The van der Waals surface area contributed by atoms with Gasteiger partial charge in [-0.1, -0.05) is 37.1 Å². The first-order valence-electron chi connectivity index (χ1n) is 7.51. The molecule has 0 bridgehead atoms. The van der Waals surface area contributed by atoms with Crippen LogP contribution >= 0.6 is 0 Å². The summed E-state index contributed by atoms with van der Waals surface area (Å²) in [5.41, 5.74) is 4.45. The standard InChI is InChI=1S/C17H27N/c1-4-10-18-16-7-5-6-15(12-16)17-9-8-13(2)11-14(17)3/h8-9,11,15-16,18H,4-7,10,12H2,1-3H3. The van der Waals surface area contributed by atoms with Gasteiger partial charge in [-0.15, -0.1) is 0 Å². The highest BCUT2D eigenvalue weighted by atomic mass is 14.9. The van der Waals surface area contributed by atoms with E-state index in [9.17, 15) is 0 Å². The zero-order chi connectivity index (χ0) is 13.0. The van der Waals surface area contributed by atoms with E-state index in [1.54, 1.807) is 5.56 Å². The summed E-state index contributed by atoms with van der Waals surface area (Å²) in [6.45, 7) is 7.87. The van der Waals surface area contributed by atoms with Gasteiger partial charge in [0.1, 0.15) is 0 Å². The van der Waals surface area contributed by atoms with Crippen LogP contribution in [0, 0.1) is 13.8 Å². The van der Waals surface area contributed by atoms with Crippen molar-refractivity contribution in [2.24, 2.45) is 0 Å². The predicted molar refractivity (Wildman–Crippen MR) is 79.2 cm³/mol. The Bertz CT molecular complexity index is 383. The first kappa shape index (κ1) is 13.6. The number of nitrogens with one attached hydrogen (secondary N) is 1. The molecule has 1 heteroatoms. The van der Waals surface area contributed by atoms with Crippen LogP contribution in [0.15, 0.2) is 18.2 Å². The van der Waals surface area contributed by atoms with E-state index >= 15 is 0 Å². The summed E-state index contributed by atoms with van der Waals surface area (Å²) in [5.74, 6) is 0.772. The Morgan fingerprint density at radius 3 is 2.78 bits per heavy atom. The normalized spacial score (nSPS) is 24.2. The fourth-order valence-corrected chi connectivity index (χ4v) is 3.29. The third kappa shape index (κ3) is 3.35. The van der Waals surface area contributed by atoms with Gasteiger partial charge in [-0.05, 0) is 63.1 Å². The fraction of sp³-hybridized carbons (Fsp3) is 0.647. The third-order valence-electron chi connectivity index (χ3n) is 4.22. The van der Waals surface area contributed by atoms with E-state index in [0.717, 1.165) is 12.0 Å². The third-order valence-corrected chi connectivity index (χ3v) is 4.22. The molecule has 1 aliphatic carbocycles. The summed E-state index contributed by atoms with van der Waals surface area (Å²) in [7, 11) is 0. The van der Waals surface area contributed by atoms with Crippen molar-refractivity contribution in [3.05, 3.63) is 34.9 Å². The zero-order valence-electron chi connectivity index (χ0n) is 12.1. The largest absolute Gasteiger partial charge is 0.314 e. The van der Waals surface area contributed by atoms with Crippen molar-refractivity contribution in [2.45, 2.75) is 64.8 Å². The Kier molecular flexibility index (Phi) is 4.82. The average Bonchev–Trinajstić information content (AvgIpc) is 2.36. The quantitative estimate of drug-likeness (QED) is 0.832. The van der Waals surface area contributed by atoms with Crippen molar-refractivity contribution in [2.75, 3.05) is 6.54 Å². The smallest absolute Gasteiger partial charge is 0.00728 e. The molecule has 0 spiro atoms. The van der Waals surface area contributed by atoms with E-state index in [0.29, 0.717) is 0 Å². The highest BCUT2D eigenvalue weighted by Crippen LogP contribution is 2.34. The van der Waals surface area contributed by atoms with E-state index in [1.165, 1.54) is 49.8 Å². The maximum atomic E-state index is 3.70. The number of hydrogen-bond acceptors (Lipinski definition) is 1. The molecule has 1 saturated carbocycles. The SMILES string of the molecule is CCCNC1CCCC(c2ccc(C)cc2C)C1. The van der Waals surface area contributed by atoms with Crippen LogP contribution in [0.5, 0.6) is 0 Å². The Morgan fingerprint density at radius 2 is 2.06 bits per heavy atom. The lowest BCUT2D eigenvalue weighted by molar-refractivity contribution is 0.339. The van der Waals surface area contributed by atoms with Crippen LogP contribution in [-0.4, -0.2) is 12.6 Å². The van der Waals surface area contributed by atoms with Crippen LogP contribution in [0.1, 0.15) is 61.6 Å². The Morgan fingerprint density at radius 1 is 1.22 bits per heavy atom. The van der Waals surface area contributed by atoms with Crippen LogP contribution in [0.2, 0.25) is 0 Å². The highest BCUT2D eigenvalue weighted by molar-refractivity contribution is 5.33. The maximum absolute atomic E-state index is 3.70. The molecule has 1 N–H and O–H groups in total.